The Balaban J connectivity index is 1.14. The summed E-state index contributed by atoms with van der Waals surface area (Å²) in [5.74, 6) is -1.29. The first-order valence-corrected chi connectivity index (χ1v) is 16.0. The molecular weight excluding hydrogens is 590 g/mol. The molecule has 2 aliphatic heterocycles. The molecule has 0 bridgehead atoms. The number of carbonyl (C=O) groups is 3. The van der Waals surface area contributed by atoms with Crippen LogP contribution in [0.15, 0.2) is 108 Å². The highest BCUT2D eigenvalue weighted by Crippen LogP contribution is 2.37. The van der Waals surface area contributed by atoms with Crippen molar-refractivity contribution in [2.24, 2.45) is 4.99 Å². The Hall–Kier alpha value is -5.12. The van der Waals surface area contributed by atoms with E-state index in [1.54, 1.807) is 37.1 Å². The fourth-order valence-corrected chi connectivity index (χ4v) is 6.06. The first-order valence-electron chi connectivity index (χ1n) is 16.0. The van der Waals surface area contributed by atoms with Crippen molar-refractivity contribution in [2.45, 2.75) is 19.4 Å². The topological polar surface area (TPSA) is 94.5 Å². The van der Waals surface area contributed by atoms with Crippen LogP contribution in [0.2, 0.25) is 0 Å². The van der Waals surface area contributed by atoms with Crippen LogP contribution in [0, 0.1) is 0 Å². The average Bonchev–Trinajstić information content (AvgIpc) is 3.43. The molecule has 2 amide bonds. The Morgan fingerprint density at radius 3 is 2.19 bits per heavy atom. The van der Waals surface area contributed by atoms with Gasteiger partial charge >= 0.3 is 5.97 Å². The quantitative estimate of drug-likeness (QED) is 0.184. The Labute approximate surface area is 275 Å². The number of amides is 2. The molecule has 47 heavy (non-hydrogen) atoms. The molecule has 4 aromatic carbocycles. The first-order chi connectivity index (χ1) is 22.9. The summed E-state index contributed by atoms with van der Waals surface area (Å²) < 4.78 is 5.13. The number of carbonyl (C=O) groups excluding carboxylic acids is 3. The largest absolute Gasteiger partial charge is 0.462 e. The summed E-state index contributed by atoms with van der Waals surface area (Å²) in [5, 5.41) is 2.93. The predicted molar refractivity (Wildman–Crippen MR) is 184 cm³/mol. The number of likely N-dealkylation sites (N-methyl/N-ethyl adjacent to an activating group) is 1. The lowest BCUT2D eigenvalue weighted by Gasteiger charge is -2.35. The average molecular weight is 630 g/mol. The van der Waals surface area contributed by atoms with Gasteiger partial charge in [0, 0.05) is 51.1 Å². The summed E-state index contributed by atoms with van der Waals surface area (Å²) in [6.07, 6.45) is 0. The Kier molecular flexibility index (Phi) is 9.85. The molecule has 2 aliphatic rings. The molecule has 2 heterocycles. The van der Waals surface area contributed by atoms with Gasteiger partial charge in [-0.05, 0) is 60.0 Å². The zero-order valence-electron chi connectivity index (χ0n) is 26.8. The van der Waals surface area contributed by atoms with Gasteiger partial charge in [0.25, 0.3) is 0 Å². The van der Waals surface area contributed by atoms with Crippen molar-refractivity contribution in [3.63, 3.8) is 0 Å². The van der Waals surface area contributed by atoms with E-state index < -0.39 is 11.9 Å². The minimum Gasteiger partial charge on any atom is -0.462 e. The van der Waals surface area contributed by atoms with E-state index in [4.69, 9.17) is 9.73 Å². The summed E-state index contributed by atoms with van der Waals surface area (Å²) in [7, 11) is 1.80. The number of piperazine rings is 1. The van der Waals surface area contributed by atoms with E-state index in [1.165, 1.54) is 5.56 Å². The molecule has 1 unspecified atom stereocenters. The van der Waals surface area contributed by atoms with Crippen molar-refractivity contribution in [1.82, 2.24) is 9.80 Å². The van der Waals surface area contributed by atoms with Crippen LogP contribution in [-0.2, 0) is 20.9 Å². The maximum Gasteiger partial charge on any atom is 0.338 e. The molecule has 0 aliphatic carbocycles. The third-order valence-electron chi connectivity index (χ3n) is 8.67. The van der Waals surface area contributed by atoms with E-state index in [2.05, 4.69) is 39.4 Å². The summed E-state index contributed by atoms with van der Waals surface area (Å²) in [6, 6.07) is 32.7. The number of nitrogens with zero attached hydrogens (tertiary/aromatic N) is 4. The molecular formula is C38H39N5O4. The van der Waals surface area contributed by atoms with Crippen molar-refractivity contribution < 1.29 is 19.1 Å². The normalized spacial score (nSPS) is 16.8. The van der Waals surface area contributed by atoms with Gasteiger partial charge in [0.1, 0.15) is 5.92 Å². The Morgan fingerprint density at radius 2 is 1.51 bits per heavy atom. The molecule has 0 radical (unpaired) electrons. The standard InChI is InChI=1S/C38H39N5O4/c1-3-47-38(46)29-14-19-32-33(24-29)40-37(45)35(32)36(28-12-8-5-9-13-28)39-30-15-17-31(18-16-30)41(2)34(44)26-43-22-20-42(21-23-43)25-27-10-6-4-7-11-27/h4-19,24,35H,3,20-23,25-26H2,1-2H3,(H,40,45). The van der Waals surface area contributed by atoms with Crippen LogP contribution < -0.4 is 10.2 Å². The number of rotatable bonds is 10. The summed E-state index contributed by atoms with van der Waals surface area (Å²) in [6.45, 7) is 6.88. The number of hydrogen-bond acceptors (Lipinski definition) is 7. The summed E-state index contributed by atoms with van der Waals surface area (Å²) in [5.41, 5.74) is 5.84. The molecule has 9 nitrogen and oxygen atoms in total. The van der Waals surface area contributed by atoms with Crippen LogP contribution in [0.4, 0.5) is 17.1 Å². The molecule has 4 aromatic rings. The van der Waals surface area contributed by atoms with Crippen molar-refractivity contribution in [1.29, 1.82) is 0 Å². The van der Waals surface area contributed by atoms with Gasteiger partial charge in [-0.1, -0.05) is 66.7 Å². The number of ether oxygens (including phenoxy) is 1. The number of anilines is 2. The number of esters is 1. The minimum atomic E-state index is -0.666. The van der Waals surface area contributed by atoms with E-state index in [-0.39, 0.29) is 18.4 Å². The van der Waals surface area contributed by atoms with E-state index in [1.807, 2.05) is 60.7 Å². The number of aliphatic imine (C=N–C) groups is 1. The van der Waals surface area contributed by atoms with E-state index >= 15 is 0 Å². The molecule has 1 fully saturated rings. The Morgan fingerprint density at radius 1 is 0.851 bits per heavy atom. The minimum absolute atomic E-state index is 0.0316. The second-order valence-corrected chi connectivity index (χ2v) is 11.8. The van der Waals surface area contributed by atoms with Crippen molar-refractivity contribution in [3.8, 4) is 0 Å². The highest BCUT2D eigenvalue weighted by molar-refractivity contribution is 6.24. The number of fused-ring (bicyclic) bond motifs is 1. The molecule has 1 N–H and O–H groups in total. The smallest absolute Gasteiger partial charge is 0.338 e. The highest BCUT2D eigenvalue weighted by atomic mass is 16.5. The van der Waals surface area contributed by atoms with E-state index in [0.717, 1.165) is 49.5 Å². The molecule has 0 saturated carbocycles. The summed E-state index contributed by atoms with van der Waals surface area (Å²) in [4.78, 5) is 50.2. The SMILES string of the molecule is CCOC(=O)c1ccc2c(c1)NC(=O)C2C(=Nc1ccc(N(C)C(=O)CN2CCN(Cc3ccccc3)CC2)cc1)c1ccccc1. The fraction of sp³-hybridized carbons (Fsp3) is 0.263. The van der Waals surface area contributed by atoms with Gasteiger partial charge in [-0.2, -0.15) is 0 Å². The van der Waals surface area contributed by atoms with Gasteiger partial charge in [-0.3, -0.25) is 24.4 Å². The van der Waals surface area contributed by atoms with Gasteiger partial charge in [0.15, 0.2) is 0 Å². The van der Waals surface area contributed by atoms with Crippen LogP contribution in [0.1, 0.15) is 39.9 Å². The third kappa shape index (κ3) is 7.48. The van der Waals surface area contributed by atoms with Crippen LogP contribution in [0.25, 0.3) is 0 Å². The molecule has 6 rings (SSSR count). The predicted octanol–water partition coefficient (Wildman–Crippen LogP) is 5.50. The van der Waals surface area contributed by atoms with Crippen molar-refractivity contribution in [2.75, 3.05) is 56.6 Å². The third-order valence-corrected chi connectivity index (χ3v) is 8.67. The maximum absolute atomic E-state index is 13.4. The lowest BCUT2D eigenvalue weighted by Crippen LogP contribution is -2.49. The van der Waals surface area contributed by atoms with Gasteiger partial charge in [0.2, 0.25) is 11.8 Å². The van der Waals surface area contributed by atoms with Crippen LogP contribution in [0.3, 0.4) is 0 Å². The number of benzene rings is 4. The zero-order valence-corrected chi connectivity index (χ0v) is 26.8. The van der Waals surface area contributed by atoms with Crippen molar-refractivity contribution >= 4 is 40.6 Å². The van der Waals surface area contributed by atoms with Crippen LogP contribution in [-0.4, -0.2) is 79.7 Å². The number of nitrogens with one attached hydrogen (secondary N) is 1. The monoisotopic (exact) mass is 629 g/mol. The van der Waals surface area contributed by atoms with E-state index in [0.29, 0.717) is 29.2 Å². The molecule has 0 aromatic heterocycles. The fourth-order valence-electron chi connectivity index (χ4n) is 6.06. The summed E-state index contributed by atoms with van der Waals surface area (Å²) >= 11 is 0. The first kappa shape index (κ1) is 31.8. The highest BCUT2D eigenvalue weighted by Gasteiger charge is 2.36. The van der Waals surface area contributed by atoms with Crippen LogP contribution in [0.5, 0.6) is 0 Å². The lowest BCUT2D eigenvalue weighted by atomic mass is 9.90. The molecule has 1 saturated heterocycles. The van der Waals surface area contributed by atoms with Gasteiger partial charge in [-0.25, -0.2) is 4.79 Å². The van der Waals surface area contributed by atoms with E-state index in [9.17, 15) is 14.4 Å². The van der Waals surface area contributed by atoms with Gasteiger partial charge in [-0.15, -0.1) is 0 Å². The maximum atomic E-state index is 13.4. The van der Waals surface area contributed by atoms with Gasteiger partial charge < -0.3 is 15.0 Å². The van der Waals surface area contributed by atoms with Crippen molar-refractivity contribution in [3.05, 3.63) is 125 Å². The number of hydrogen-bond donors (Lipinski definition) is 1. The second kappa shape index (κ2) is 14.5. The van der Waals surface area contributed by atoms with Gasteiger partial charge in [0.05, 0.1) is 30.1 Å². The van der Waals surface area contributed by atoms with Crippen LogP contribution >= 0.6 is 0 Å². The molecule has 240 valence electrons. The Bertz CT molecular complexity index is 1750. The second-order valence-electron chi connectivity index (χ2n) is 11.8. The molecule has 9 heteroatoms. The zero-order chi connectivity index (χ0) is 32.8. The molecule has 0 spiro atoms. The lowest BCUT2D eigenvalue weighted by molar-refractivity contribution is -0.120. The molecule has 1 atom stereocenters.